The number of amides is 2. The van der Waals surface area contributed by atoms with E-state index in [0.717, 1.165) is 23.1 Å². The third-order valence-corrected chi connectivity index (χ3v) is 5.35. The molecule has 0 aliphatic rings. The molecule has 0 radical (unpaired) electrons. The summed E-state index contributed by atoms with van der Waals surface area (Å²) in [7, 11) is 0. The molecule has 31 heavy (non-hydrogen) atoms. The summed E-state index contributed by atoms with van der Waals surface area (Å²) in [5.41, 5.74) is 2.72. The van der Waals surface area contributed by atoms with Gasteiger partial charge >= 0.3 is 0 Å². The molecule has 0 unspecified atom stereocenters. The van der Waals surface area contributed by atoms with E-state index in [1.165, 1.54) is 17.0 Å². The molecule has 0 saturated carbocycles. The molecule has 6 heteroatoms. The van der Waals surface area contributed by atoms with Crippen LogP contribution in [0.15, 0.2) is 42.5 Å². The molecule has 0 spiro atoms. The Balaban J connectivity index is 2.23. The van der Waals surface area contributed by atoms with Gasteiger partial charge in [0.2, 0.25) is 5.91 Å². The van der Waals surface area contributed by atoms with Crippen molar-refractivity contribution >= 4 is 11.8 Å². The third-order valence-electron chi connectivity index (χ3n) is 5.35. The molecule has 0 heterocycles. The van der Waals surface area contributed by atoms with E-state index in [9.17, 15) is 14.0 Å². The van der Waals surface area contributed by atoms with Crippen LogP contribution >= 0.6 is 0 Å². The fraction of sp³-hybridized carbons (Fsp3) is 0.440. The van der Waals surface area contributed by atoms with Crippen molar-refractivity contribution in [1.29, 1.82) is 0 Å². The van der Waals surface area contributed by atoms with E-state index in [2.05, 4.69) is 5.32 Å². The molecule has 1 N–H and O–H groups in total. The molecule has 2 rings (SSSR count). The van der Waals surface area contributed by atoms with E-state index in [-0.39, 0.29) is 36.8 Å². The minimum absolute atomic E-state index is 0.00974. The van der Waals surface area contributed by atoms with E-state index in [0.29, 0.717) is 12.2 Å². The highest BCUT2D eigenvalue weighted by Crippen LogP contribution is 2.20. The lowest BCUT2D eigenvalue weighted by molar-refractivity contribution is -0.143. The lowest BCUT2D eigenvalue weighted by atomic mass is 10.1. The summed E-state index contributed by atoms with van der Waals surface area (Å²) < 4.78 is 19.1. The zero-order chi connectivity index (χ0) is 23.0. The molecule has 5 nitrogen and oxygen atoms in total. The van der Waals surface area contributed by atoms with Crippen molar-refractivity contribution in [3.05, 3.63) is 65.0 Å². The Labute approximate surface area is 184 Å². The number of benzene rings is 2. The first-order chi connectivity index (χ1) is 14.7. The van der Waals surface area contributed by atoms with Gasteiger partial charge in [0, 0.05) is 12.6 Å². The van der Waals surface area contributed by atoms with Crippen LogP contribution in [0, 0.1) is 19.7 Å². The SMILES string of the molecule is CC[C@@H](C)NC(=O)[C@H](CC)N(Cc1ccc(F)cc1)C(=O)COc1cc(C)ccc1C. The van der Waals surface area contributed by atoms with E-state index in [1.807, 2.05) is 52.8 Å². The average molecular weight is 429 g/mol. The molecule has 168 valence electrons. The number of ether oxygens (including phenoxy) is 1. The second-order valence-electron chi connectivity index (χ2n) is 7.95. The van der Waals surface area contributed by atoms with Crippen LogP contribution in [0.25, 0.3) is 0 Å². The molecule has 2 amide bonds. The molecule has 2 aromatic carbocycles. The molecular formula is C25H33FN2O3. The number of halogens is 1. The lowest BCUT2D eigenvalue weighted by Gasteiger charge is -2.31. The summed E-state index contributed by atoms with van der Waals surface area (Å²) in [5, 5.41) is 2.97. The van der Waals surface area contributed by atoms with E-state index in [4.69, 9.17) is 4.74 Å². The predicted molar refractivity (Wildman–Crippen MR) is 120 cm³/mol. The van der Waals surface area contributed by atoms with E-state index < -0.39 is 6.04 Å². The highest BCUT2D eigenvalue weighted by molar-refractivity contribution is 5.88. The van der Waals surface area contributed by atoms with Gasteiger partial charge in [-0.15, -0.1) is 0 Å². The van der Waals surface area contributed by atoms with Crippen LogP contribution in [-0.4, -0.2) is 35.4 Å². The van der Waals surface area contributed by atoms with Crippen molar-refractivity contribution in [2.45, 2.75) is 66.1 Å². The Hall–Kier alpha value is -2.89. The van der Waals surface area contributed by atoms with Crippen molar-refractivity contribution in [2.75, 3.05) is 6.61 Å². The van der Waals surface area contributed by atoms with Gasteiger partial charge in [-0.2, -0.15) is 0 Å². The summed E-state index contributed by atoms with van der Waals surface area (Å²) in [4.78, 5) is 27.6. The van der Waals surface area contributed by atoms with Gasteiger partial charge in [0.15, 0.2) is 6.61 Å². The van der Waals surface area contributed by atoms with Gasteiger partial charge in [0.1, 0.15) is 17.6 Å². The van der Waals surface area contributed by atoms with Crippen LogP contribution in [0.1, 0.15) is 50.3 Å². The second-order valence-corrected chi connectivity index (χ2v) is 7.95. The van der Waals surface area contributed by atoms with Gasteiger partial charge < -0.3 is 15.0 Å². The smallest absolute Gasteiger partial charge is 0.261 e. The second kappa shape index (κ2) is 11.5. The number of hydrogen-bond donors (Lipinski definition) is 1. The largest absolute Gasteiger partial charge is 0.483 e. The van der Waals surface area contributed by atoms with Crippen LogP contribution in [0.4, 0.5) is 4.39 Å². The van der Waals surface area contributed by atoms with Crippen LogP contribution in [0.2, 0.25) is 0 Å². The van der Waals surface area contributed by atoms with Crippen LogP contribution in [-0.2, 0) is 16.1 Å². The number of rotatable bonds is 10. The molecule has 2 aromatic rings. The molecule has 0 aliphatic carbocycles. The first kappa shape index (κ1) is 24.4. The highest BCUT2D eigenvalue weighted by atomic mass is 19.1. The average Bonchev–Trinajstić information content (AvgIpc) is 2.75. The molecule has 0 saturated heterocycles. The quantitative estimate of drug-likeness (QED) is 0.604. The fourth-order valence-electron chi connectivity index (χ4n) is 3.23. The van der Waals surface area contributed by atoms with Crippen LogP contribution in [0.3, 0.4) is 0 Å². The van der Waals surface area contributed by atoms with Crippen molar-refractivity contribution in [2.24, 2.45) is 0 Å². The summed E-state index contributed by atoms with van der Waals surface area (Å²) in [6.07, 6.45) is 1.25. The lowest BCUT2D eigenvalue weighted by Crippen LogP contribution is -2.51. The molecule has 0 fully saturated rings. The first-order valence-corrected chi connectivity index (χ1v) is 10.8. The van der Waals surface area contributed by atoms with Gasteiger partial charge in [-0.3, -0.25) is 9.59 Å². The highest BCUT2D eigenvalue weighted by Gasteiger charge is 2.29. The summed E-state index contributed by atoms with van der Waals surface area (Å²) in [6, 6.07) is 11.1. The first-order valence-electron chi connectivity index (χ1n) is 10.8. The maximum absolute atomic E-state index is 13.3. The topological polar surface area (TPSA) is 58.6 Å². The normalized spacial score (nSPS) is 12.7. The van der Waals surface area contributed by atoms with Crippen LogP contribution < -0.4 is 10.1 Å². The maximum atomic E-state index is 13.3. The minimum Gasteiger partial charge on any atom is -0.483 e. The van der Waals surface area contributed by atoms with Gasteiger partial charge in [0.05, 0.1) is 0 Å². The number of carbonyl (C=O) groups is 2. The summed E-state index contributed by atoms with van der Waals surface area (Å²) in [6.45, 7) is 9.69. The minimum atomic E-state index is -0.645. The van der Waals surface area contributed by atoms with Crippen molar-refractivity contribution in [3.8, 4) is 5.75 Å². The number of nitrogens with zero attached hydrogens (tertiary/aromatic N) is 1. The molecule has 2 atom stereocenters. The fourth-order valence-corrected chi connectivity index (χ4v) is 3.23. The van der Waals surface area contributed by atoms with Crippen LogP contribution in [0.5, 0.6) is 5.75 Å². The molecule has 0 aliphatic heterocycles. The standard InChI is InChI=1S/C25H33FN2O3/c1-6-19(5)27-25(30)22(7-2)28(15-20-10-12-21(26)13-11-20)24(29)16-31-23-14-17(3)8-9-18(23)4/h8-14,19,22H,6-7,15-16H2,1-5H3,(H,27,30)/t19-,22+/m1/s1. The maximum Gasteiger partial charge on any atom is 0.261 e. The van der Waals surface area contributed by atoms with Crippen molar-refractivity contribution in [3.63, 3.8) is 0 Å². The Morgan fingerprint density at radius 2 is 1.74 bits per heavy atom. The Bertz CT molecular complexity index is 883. The van der Waals surface area contributed by atoms with E-state index >= 15 is 0 Å². The van der Waals surface area contributed by atoms with Gasteiger partial charge in [-0.1, -0.05) is 38.1 Å². The summed E-state index contributed by atoms with van der Waals surface area (Å²) in [5.74, 6) is -0.191. The number of aryl methyl sites for hydroxylation is 2. The Kier molecular flexibility index (Phi) is 9.03. The third kappa shape index (κ3) is 7.09. The van der Waals surface area contributed by atoms with Gasteiger partial charge in [-0.25, -0.2) is 4.39 Å². The van der Waals surface area contributed by atoms with Crippen molar-refractivity contribution < 1.29 is 18.7 Å². The number of nitrogens with one attached hydrogen (secondary N) is 1. The van der Waals surface area contributed by atoms with E-state index in [1.54, 1.807) is 12.1 Å². The number of carbonyl (C=O) groups excluding carboxylic acids is 2. The zero-order valence-corrected chi connectivity index (χ0v) is 19.1. The zero-order valence-electron chi connectivity index (χ0n) is 19.1. The number of hydrogen-bond acceptors (Lipinski definition) is 3. The van der Waals surface area contributed by atoms with Gasteiger partial charge in [-0.05, 0) is 68.5 Å². The van der Waals surface area contributed by atoms with Crippen molar-refractivity contribution in [1.82, 2.24) is 10.2 Å². The molecule has 0 aromatic heterocycles. The Morgan fingerprint density at radius 3 is 2.35 bits per heavy atom. The Morgan fingerprint density at radius 1 is 1.06 bits per heavy atom. The molecule has 0 bridgehead atoms. The monoisotopic (exact) mass is 428 g/mol. The summed E-state index contributed by atoms with van der Waals surface area (Å²) >= 11 is 0. The predicted octanol–water partition coefficient (Wildman–Crippen LogP) is 4.54. The molecular weight excluding hydrogens is 395 g/mol. The van der Waals surface area contributed by atoms with Gasteiger partial charge in [0.25, 0.3) is 5.91 Å².